The van der Waals surface area contributed by atoms with Crippen molar-refractivity contribution in [2.24, 2.45) is 0 Å². The molecule has 0 fully saturated rings. The first kappa shape index (κ1) is 20.2. The number of benzene rings is 3. The van der Waals surface area contributed by atoms with Gasteiger partial charge in [0.15, 0.2) is 0 Å². The number of carbonyl (C=O) groups excluding carboxylic acids is 1. The van der Waals surface area contributed by atoms with Crippen LogP contribution in [0.1, 0.15) is 28.7 Å². The highest BCUT2D eigenvalue weighted by Crippen LogP contribution is 2.24. The zero-order chi connectivity index (χ0) is 20.9. The zero-order valence-corrected chi connectivity index (χ0v) is 17.8. The highest BCUT2D eigenvalue weighted by atomic mass is 35.5. The van der Waals surface area contributed by atoms with E-state index in [1.807, 2.05) is 24.3 Å². The molecule has 30 heavy (non-hydrogen) atoms. The van der Waals surface area contributed by atoms with Gasteiger partial charge in [-0.3, -0.25) is 4.79 Å². The van der Waals surface area contributed by atoms with Crippen LogP contribution in [0.5, 0.6) is 0 Å². The van der Waals surface area contributed by atoms with E-state index in [0.717, 1.165) is 12.1 Å². The van der Waals surface area contributed by atoms with Crippen molar-refractivity contribution in [1.82, 2.24) is 9.88 Å². The number of nitrogens with one attached hydrogen (secondary N) is 1. The van der Waals surface area contributed by atoms with E-state index < -0.39 is 0 Å². The van der Waals surface area contributed by atoms with Crippen molar-refractivity contribution in [3.05, 3.63) is 106 Å². The third-order valence-electron chi connectivity index (χ3n) is 5.40. The molecule has 0 atom stereocenters. The molecule has 0 aliphatic rings. The Bertz CT molecular complexity index is 1160. The van der Waals surface area contributed by atoms with E-state index in [2.05, 4.69) is 71.5 Å². The van der Waals surface area contributed by atoms with Crippen molar-refractivity contribution in [3.63, 3.8) is 0 Å². The fraction of sp³-hybridized carbons (Fsp3) is 0.192. The quantitative estimate of drug-likeness (QED) is 0.399. The lowest BCUT2D eigenvalue weighted by molar-refractivity contribution is -0.121. The molecule has 3 nitrogen and oxygen atoms in total. The van der Waals surface area contributed by atoms with Gasteiger partial charge >= 0.3 is 0 Å². The van der Waals surface area contributed by atoms with Crippen molar-refractivity contribution in [2.75, 3.05) is 0 Å². The van der Waals surface area contributed by atoms with Gasteiger partial charge in [-0.25, -0.2) is 0 Å². The highest BCUT2D eigenvalue weighted by Gasteiger charge is 2.11. The maximum absolute atomic E-state index is 12.4. The number of aromatic nitrogens is 1. The maximum Gasteiger partial charge on any atom is 0.220 e. The summed E-state index contributed by atoms with van der Waals surface area (Å²) in [6.07, 6.45) is 3.34. The van der Waals surface area contributed by atoms with E-state index in [-0.39, 0.29) is 5.91 Å². The minimum absolute atomic E-state index is 0.0327. The summed E-state index contributed by atoms with van der Waals surface area (Å²) < 4.78 is 2.27. The van der Waals surface area contributed by atoms with Crippen molar-refractivity contribution in [1.29, 1.82) is 0 Å². The van der Waals surface area contributed by atoms with Crippen LogP contribution < -0.4 is 5.32 Å². The second-order valence-electron chi connectivity index (χ2n) is 7.65. The van der Waals surface area contributed by atoms with Crippen LogP contribution in [-0.4, -0.2) is 10.5 Å². The number of para-hydroxylation sites is 1. The Morgan fingerprint density at radius 1 is 0.933 bits per heavy atom. The van der Waals surface area contributed by atoms with Gasteiger partial charge in [0.2, 0.25) is 5.91 Å². The Morgan fingerprint density at radius 2 is 1.67 bits per heavy atom. The molecule has 0 unspecified atom stereocenters. The summed E-state index contributed by atoms with van der Waals surface area (Å²) in [5, 5.41) is 4.87. The number of nitrogens with zero attached hydrogens (tertiary/aromatic N) is 1. The van der Waals surface area contributed by atoms with Crippen LogP contribution in [-0.2, 0) is 24.3 Å². The van der Waals surface area contributed by atoms with Crippen LogP contribution in [0.2, 0.25) is 5.02 Å². The second-order valence-corrected chi connectivity index (χ2v) is 8.06. The summed E-state index contributed by atoms with van der Waals surface area (Å²) in [5.74, 6) is 0.0327. The SMILES string of the molecule is Cc1ccc(Cn2cc(CCC(=O)NCc3ccccc3Cl)c3ccccc32)cc1. The lowest BCUT2D eigenvalue weighted by Crippen LogP contribution is -2.23. The van der Waals surface area contributed by atoms with E-state index in [1.54, 1.807) is 0 Å². The van der Waals surface area contributed by atoms with E-state index >= 15 is 0 Å². The number of amides is 1. The smallest absolute Gasteiger partial charge is 0.220 e. The van der Waals surface area contributed by atoms with Gasteiger partial charge in [0.05, 0.1) is 0 Å². The molecule has 4 heteroatoms. The molecule has 152 valence electrons. The predicted octanol–water partition coefficient (Wildman–Crippen LogP) is 5.90. The Kier molecular flexibility index (Phi) is 6.20. The first-order chi connectivity index (χ1) is 14.6. The van der Waals surface area contributed by atoms with E-state index in [4.69, 9.17) is 11.6 Å². The van der Waals surface area contributed by atoms with Gasteiger partial charge in [0, 0.05) is 41.6 Å². The minimum Gasteiger partial charge on any atom is -0.352 e. The Balaban J connectivity index is 1.44. The van der Waals surface area contributed by atoms with Crippen molar-refractivity contribution in [2.45, 2.75) is 32.9 Å². The van der Waals surface area contributed by atoms with Crippen LogP contribution >= 0.6 is 11.6 Å². The summed E-state index contributed by atoms with van der Waals surface area (Å²) in [6, 6.07) is 24.6. The van der Waals surface area contributed by atoms with Gasteiger partial charge in [-0.2, -0.15) is 0 Å². The van der Waals surface area contributed by atoms with Gasteiger partial charge < -0.3 is 9.88 Å². The lowest BCUT2D eigenvalue weighted by atomic mass is 10.1. The molecule has 0 bridgehead atoms. The third-order valence-corrected chi connectivity index (χ3v) is 5.77. The predicted molar refractivity (Wildman–Crippen MR) is 124 cm³/mol. The first-order valence-corrected chi connectivity index (χ1v) is 10.6. The molecule has 1 aromatic heterocycles. The largest absolute Gasteiger partial charge is 0.352 e. The average molecular weight is 417 g/mol. The van der Waals surface area contributed by atoms with Crippen LogP contribution in [0.4, 0.5) is 0 Å². The molecule has 4 aromatic rings. The molecule has 0 radical (unpaired) electrons. The third kappa shape index (κ3) is 4.74. The maximum atomic E-state index is 12.4. The molecule has 1 N–H and O–H groups in total. The summed E-state index contributed by atoms with van der Waals surface area (Å²) >= 11 is 6.17. The van der Waals surface area contributed by atoms with Crippen LogP contribution in [0.3, 0.4) is 0 Å². The molecule has 4 rings (SSSR count). The molecular weight excluding hydrogens is 392 g/mol. The molecule has 0 aliphatic heterocycles. The second kappa shape index (κ2) is 9.19. The fourth-order valence-electron chi connectivity index (χ4n) is 3.72. The lowest BCUT2D eigenvalue weighted by Gasteiger charge is -2.07. The number of rotatable bonds is 7. The number of hydrogen-bond donors (Lipinski definition) is 1. The molecule has 1 heterocycles. The van der Waals surface area contributed by atoms with E-state index in [0.29, 0.717) is 24.4 Å². The summed E-state index contributed by atoms with van der Waals surface area (Å²) in [6.45, 7) is 3.37. The molecule has 0 spiro atoms. The van der Waals surface area contributed by atoms with Gasteiger partial charge in [-0.05, 0) is 42.2 Å². The topological polar surface area (TPSA) is 34.0 Å². The van der Waals surface area contributed by atoms with E-state index in [1.165, 1.54) is 27.6 Å². The Morgan fingerprint density at radius 3 is 2.47 bits per heavy atom. The van der Waals surface area contributed by atoms with Crippen molar-refractivity contribution >= 4 is 28.4 Å². The number of hydrogen-bond acceptors (Lipinski definition) is 1. The first-order valence-electron chi connectivity index (χ1n) is 10.2. The van der Waals surface area contributed by atoms with Crippen molar-refractivity contribution < 1.29 is 4.79 Å². The highest BCUT2D eigenvalue weighted by molar-refractivity contribution is 6.31. The molecule has 1 amide bonds. The molecule has 0 saturated heterocycles. The van der Waals surface area contributed by atoms with Crippen molar-refractivity contribution in [3.8, 4) is 0 Å². The fourth-order valence-corrected chi connectivity index (χ4v) is 3.92. The van der Waals surface area contributed by atoms with Gasteiger partial charge in [-0.15, -0.1) is 0 Å². The summed E-state index contributed by atoms with van der Waals surface area (Å²) in [4.78, 5) is 12.4. The normalized spacial score (nSPS) is 11.0. The summed E-state index contributed by atoms with van der Waals surface area (Å²) in [5.41, 5.74) is 5.86. The Hall–Kier alpha value is -3.04. The van der Waals surface area contributed by atoms with E-state index in [9.17, 15) is 4.79 Å². The number of fused-ring (bicyclic) bond motifs is 1. The number of carbonyl (C=O) groups is 1. The molecular formula is C26H25ClN2O. The van der Waals surface area contributed by atoms with Crippen LogP contribution in [0.15, 0.2) is 79.0 Å². The minimum atomic E-state index is 0.0327. The number of aryl methyl sites for hydroxylation is 2. The van der Waals surface area contributed by atoms with Gasteiger partial charge in [0.1, 0.15) is 0 Å². The van der Waals surface area contributed by atoms with Crippen LogP contribution in [0.25, 0.3) is 10.9 Å². The standard InChI is InChI=1S/C26H25ClN2O/c1-19-10-12-20(13-11-19)17-29-18-22(23-7-3-5-9-25(23)29)14-15-26(30)28-16-21-6-2-4-8-24(21)27/h2-13,18H,14-17H2,1H3,(H,28,30). The van der Waals surface area contributed by atoms with Crippen LogP contribution in [0, 0.1) is 6.92 Å². The number of halogens is 1. The monoisotopic (exact) mass is 416 g/mol. The molecule has 0 saturated carbocycles. The van der Waals surface area contributed by atoms with Gasteiger partial charge in [-0.1, -0.05) is 77.8 Å². The Labute approximate surface area is 182 Å². The zero-order valence-electron chi connectivity index (χ0n) is 17.1. The van der Waals surface area contributed by atoms with Gasteiger partial charge in [0.25, 0.3) is 0 Å². The average Bonchev–Trinajstić information content (AvgIpc) is 3.11. The molecule has 3 aromatic carbocycles. The molecule has 0 aliphatic carbocycles. The summed E-state index contributed by atoms with van der Waals surface area (Å²) in [7, 11) is 0.